The lowest BCUT2D eigenvalue weighted by molar-refractivity contribution is -0.115. The van der Waals surface area contributed by atoms with Crippen LogP contribution in [0.3, 0.4) is 0 Å². The van der Waals surface area contributed by atoms with Crippen molar-refractivity contribution in [1.29, 1.82) is 0 Å². The number of halogens is 2. The molecule has 0 amide bonds. The summed E-state index contributed by atoms with van der Waals surface area (Å²) in [4.78, 5) is 4.00. The SMILES string of the molecule is NOCC(F)(F)C1CCCSC1. The van der Waals surface area contributed by atoms with Gasteiger partial charge in [0.1, 0.15) is 6.61 Å². The van der Waals surface area contributed by atoms with E-state index in [0.717, 1.165) is 12.2 Å². The van der Waals surface area contributed by atoms with E-state index in [-0.39, 0.29) is 0 Å². The first kappa shape index (κ1) is 10.2. The van der Waals surface area contributed by atoms with Gasteiger partial charge in [0.05, 0.1) is 0 Å². The first-order chi connectivity index (χ1) is 5.67. The van der Waals surface area contributed by atoms with Crippen molar-refractivity contribution in [2.24, 2.45) is 11.8 Å². The van der Waals surface area contributed by atoms with E-state index in [1.807, 2.05) is 0 Å². The molecular formula is C7H13F2NOS. The zero-order chi connectivity index (χ0) is 9.03. The highest BCUT2D eigenvalue weighted by Crippen LogP contribution is 2.35. The number of thioether (sulfide) groups is 1. The maximum atomic E-state index is 13.1. The summed E-state index contributed by atoms with van der Waals surface area (Å²) in [6, 6.07) is 0. The van der Waals surface area contributed by atoms with Crippen LogP contribution >= 0.6 is 11.8 Å². The Labute approximate surface area is 74.8 Å². The molecule has 2 N–H and O–H groups in total. The summed E-state index contributed by atoms with van der Waals surface area (Å²) in [6.45, 7) is -0.655. The summed E-state index contributed by atoms with van der Waals surface area (Å²) in [7, 11) is 0. The van der Waals surface area contributed by atoms with E-state index in [0.29, 0.717) is 12.2 Å². The van der Waals surface area contributed by atoms with Gasteiger partial charge in [0.25, 0.3) is 5.92 Å². The van der Waals surface area contributed by atoms with E-state index in [1.165, 1.54) is 0 Å². The third-order valence-corrected chi connectivity index (χ3v) is 3.25. The molecule has 1 aliphatic rings. The van der Waals surface area contributed by atoms with Gasteiger partial charge in [-0.15, -0.1) is 0 Å². The lowest BCUT2D eigenvalue weighted by Gasteiger charge is -2.28. The van der Waals surface area contributed by atoms with E-state index in [9.17, 15) is 8.78 Å². The van der Waals surface area contributed by atoms with Gasteiger partial charge in [-0.25, -0.2) is 14.7 Å². The van der Waals surface area contributed by atoms with Gasteiger partial charge in [0.2, 0.25) is 0 Å². The van der Waals surface area contributed by atoms with Gasteiger partial charge in [-0.3, -0.25) is 4.84 Å². The maximum absolute atomic E-state index is 13.1. The molecule has 2 nitrogen and oxygen atoms in total. The third-order valence-electron chi connectivity index (χ3n) is 2.03. The third kappa shape index (κ3) is 2.57. The van der Waals surface area contributed by atoms with Gasteiger partial charge < -0.3 is 0 Å². The topological polar surface area (TPSA) is 35.2 Å². The number of hydrogen-bond acceptors (Lipinski definition) is 3. The van der Waals surface area contributed by atoms with Gasteiger partial charge in [-0.1, -0.05) is 0 Å². The van der Waals surface area contributed by atoms with E-state index >= 15 is 0 Å². The molecule has 5 heteroatoms. The fraction of sp³-hybridized carbons (Fsp3) is 1.00. The van der Waals surface area contributed by atoms with Crippen LogP contribution in [-0.4, -0.2) is 24.0 Å². The molecule has 0 bridgehead atoms. The quantitative estimate of drug-likeness (QED) is 0.699. The van der Waals surface area contributed by atoms with Crippen LogP contribution in [0, 0.1) is 5.92 Å². The molecule has 1 atom stereocenters. The molecule has 1 aliphatic heterocycles. The molecular weight excluding hydrogens is 184 g/mol. The first-order valence-electron chi connectivity index (χ1n) is 3.94. The number of hydrogen-bond donors (Lipinski definition) is 1. The van der Waals surface area contributed by atoms with Crippen molar-refractivity contribution in [1.82, 2.24) is 0 Å². The van der Waals surface area contributed by atoms with E-state index in [1.54, 1.807) is 11.8 Å². The van der Waals surface area contributed by atoms with Crippen molar-refractivity contribution < 1.29 is 13.6 Å². The molecule has 1 unspecified atom stereocenters. The van der Waals surface area contributed by atoms with Crippen LogP contribution in [0.1, 0.15) is 12.8 Å². The first-order valence-corrected chi connectivity index (χ1v) is 5.09. The Balaban J connectivity index is 2.41. The van der Waals surface area contributed by atoms with Gasteiger partial charge in [0, 0.05) is 11.7 Å². The van der Waals surface area contributed by atoms with Crippen molar-refractivity contribution >= 4 is 11.8 Å². The summed E-state index contributed by atoms with van der Waals surface area (Å²) in [5.41, 5.74) is 0. The minimum Gasteiger partial charge on any atom is -0.298 e. The second-order valence-corrected chi connectivity index (χ2v) is 4.14. The lowest BCUT2D eigenvalue weighted by Crippen LogP contribution is -2.37. The molecule has 0 aromatic heterocycles. The summed E-state index contributed by atoms with van der Waals surface area (Å²) in [5, 5.41) is 0. The van der Waals surface area contributed by atoms with Crippen LogP contribution in [0.2, 0.25) is 0 Å². The maximum Gasteiger partial charge on any atom is 0.276 e. The van der Waals surface area contributed by atoms with E-state index < -0.39 is 18.4 Å². The van der Waals surface area contributed by atoms with Crippen LogP contribution in [0.25, 0.3) is 0 Å². The summed E-state index contributed by atoms with van der Waals surface area (Å²) >= 11 is 1.58. The highest BCUT2D eigenvalue weighted by atomic mass is 32.2. The van der Waals surface area contributed by atoms with Crippen LogP contribution in [0.4, 0.5) is 8.78 Å². The van der Waals surface area contributed by atoms with Crippen molar-refractivity contribution in [3.05, 3.63) is 0 Å². The monoisotopic (exact) mass is 197 g/mol. The van der Waals surface area contributed by atoms with Gasteiger partial charge in [0.15, 0.2) is 0 Å². The van der Waals surface area contributed by atoms with E-state index in [4.69, 9.17) is 0 Å². The summed E-state index contributed by atoms with van der Waals surface area (Å²) in [6.07, 6.45) is 1.46. The average Bonchev–Trinajstić information content (AvgIpc) is 2.06. The Morgan fingerprint density at radius 1 is 1.58 bits per heavy atom. The second kappa shape index (κ2) is 4.39. The minimum absolute atomic E-state index is 0.524. The average molecular weight is 197 g/mol. The van der Waals surface area contributed by atoms with Gasteiger partial charge in [-0.05, 0) is 18.6 Å². The van der Waals surface area contributed by atoms with Crippen molar-refractivity contribution in [3.63, 3.8) is 0 Å². The molecule has 0 aromatic rings. The minimum atomic E-state index is -2.75. The molecule has 1 heterocycles. The number of rotatable bonds is 3. The molecule has 72 valence electrons. The number of nitrogens with two attached hydrogens (primary N) is 1. The molecule has 0 aliphatic carbocycles. The fourth-order valence-corrected chi connectivity index (χ4v) is 2.54. The zero-order valence-corrected chi connectivity index (χ0v) is 7.58. The molecule has 1 fully saturated rings. The van der Waals surface area contributed by atoms with Gasteiger partial charge in [-0.2, -0.15) is 11.8 Å². The van der Waals surface area contributed by atoms with Crippen LogP contribution in [-0.2, 0) is 4.84 Å². The van der Waals surface area contributed by atoms with Crippen molar-refractivity contribution in [3.8, 4) is 0 Å². The normalized spacial score (nSPS) is 25.8. The Morgan fingerprint density at radius 3 is 2.83 bits per heavy atom. The second-order valence-electron chi connectivity index (χ2n) is 2.99. The van der Waals surface area contributed by atoms with E-state index in [2.05, 4.69) is 10.7 Å². The van der Waals surface area contributed by atoms with Crippen LogP contribution in [0.15, 0.2) is 0 Å². The summed E-state index contributed by atoms with van der Waals surface area (Å²) in [5.74, 6) is 2.85. The standard InChI is InChI=1S/C7H13F2NOS/c8-7(9,5-11-10)6-2-1-3-12-4-6/h6H,1-5,10H2. The molecule has 0 aromatic carbocycles. The van der Waals surface area contributed by atoms with Crippen molar-refractivity contribution in [2.75, 3.05) is 18.1 Å². The summed E-state index contributed by atoms with van der Waals surface area (Å²) < 4.78 is 26.2. The van der Waals surface area contributed by atoms with Gasteiger partial charge >= 0.3 is 0 Å². The van der Waals surface area contributed by atoms with Crippen LogP contribution < -0.4 is 5.90 Å². The Hall–Kier alpha value is 0.130. The largest absolute Gasteiger partial charge is 0.298 e. The predicted octanol–water partition coefficient (Wildman–Crippen LogP) is 1.66. The molecule has 1 rings (SSSR count). The highest BCUT2D eigenvalue weighted by Gasteiger charge is 2.40. The van der Waals surface area contributed by atoms with Crippen molar-refractivity contribution in [2.45, 2.75) is 18.8 Å². The molecule has 0 saturated carbocycles. The number of alkyl halides is 2. The van der Waals surface area contributed by atoms with Crippen LogP contribution in [0.5, 0.6) is 0 Å². The Bertz CT molecular complexity index is 139. The Morgan fingerprint density at radius 2 is 2.33 bits per heavy atom. The highest BCUT2D eigenvalue weighted by molar-refractivity contribution is 7.99. The molecule has 0 radical (unpaired) electrons. The smallest absolute Gasteiger partial charge is 0.276 e. The molecule has 0 spiro atoms. The zero-order valence-electron chi connectivity index (χ0n) is 6.76. The molecule has 12 heavy (non-hydrogen) atoms. The Kier molecular flexibility index (Phi) is 3.74. The molecule has 1 saturated heterocycles. The lowest BCUT2D eigenvalue weighted by atomic mass is 9.98. The predicted molar refractivity (Wildman–Crippen MR) is 45.1 cm³/mol. The fourth-order valence-electron chi connectivity index (χ4n) is 1.30.